The number of methoxy groups -OCH3 is 3. The maximum atomic E-state index is 13.6. The molecule has 31 heavy (non-hydrogen) atoms. The van der Waals surface area contributed by atoms with Crippen molar-refractivity contribution >= 4 is 29.7 Å². The monoisotopic (exact) mass is 439 g/mol. The highest BCUT2D eigenvalue weighted by atomic mass is 35.5. The normalized spacial score (nSPS) is 11.2. The average Bonchev–Trinajstić information content (AvgIpc) is 3.19. The van der Waals surface area contributed by atoms with Crippen molar-refractivity contribution in [1.29, 1.82) is 0 Å². The van der Waals surface area contributed by atoms with Gasteiger partial charge in [0.05, 0.1) is 44.0 Å². The molecule has 0 bridgehead atoms. The predicted molar refractivity (Wildman–Crippen MR) is 120 cm³/mol. The number of nitrogens with zero attached hydrogens (tertiary/aromatic N) is 1. The number of ether oxygens (including phenoxy) is 3. The molecule has 7 heteroatoms. The van der Waals surface area contributed by atoms with Crippen molar-refractivity contribution in [2.45, 2.75) is 6.92 Å². The molecule has 0 fully saturated rings. The van der Waals surface area contributed by atoms with Crippen LogP contribution in [-0.2, 0) is 4.74 Å². The lowest BCUT2D eigenvalue weighted by molar-refractivity contribution is 0.103. The van der Waals surface area contributed by atoms with Crippen molar-refractivity contribution in [3.8, 4) is 17.2 Å². The summed E-state index contributed by atoms with van der Waals surface area (Å²) in [7, 11) is 4.54. The molecule has 2 aromatic carbocycles. The lowest BCUT2D eigenvalue weighted by atomic mass is 10.00. The van der Waals surface area contributed by atoms with E-state index in [9.17, 15) is 9.59 Å². The van der Waals surface area contributed by atoms with Gasteiger partial charge in [0.15, 0.2) is 23.6 Å². The Balaban J connectivity index is 2.27. The van der Waals surface area contributed by atoms with E-state index in [0.29, 0.717) is 50.5 Å². The number of rotatable bonds is 8. The summed E-state index contributed by atoms with van der Waals surface area (Å²) in [6.45, 7) is 1.80. The summed E-state index contributed by atoms with van der Waals surface area (Å²) in [5.41, 5.74) is 2.18. The highest BCUT2D eigenvalue weighted by molar-refractivity contribution is 6.31. The van der Waals surface area contributed by atoms with Crippen molar-refractivity contribution in [2.75, 3.05) is 21.3 Å². The van der Waals surface area contributed by atoms with Gasteiger partial charge in [0, 0.05) is 16.3 Å². The molecule has 3 rings (SSSR count). The Morgan fingerprint density at radius 2 is 1.71 bits per heavy atom. The number of allylic oxidation sites excluding steroid dienone is 1. The number of aromatic nitrogens is 1. The first-order chi connectivity index (χ1) is 14.9. The van der Waals surface area contributed by atoms with E-state index in [2.05, 4.69) is 0 Å². The van der Waals surface area contributed by atoms with Crippen LogP contribution in [0.3, 0.4) is 0 Å². The van der Waals surface area contributed by atoms with Crippen LogP contribution in [0.5, 0.6) is 11.5 Å². The molecule has 6 nitrogen and oxygen atoms in total. The van der Waals surface area contributed by atoms with E-state index in [1.165, 1.54) is 14.2 Å². The Bertz CT molecular complexity index is 1160. The van der Waals surface area contributed by atoms with E-state index in [0.717, 1.165) is 6.29 Å². The molecule has 0 aliphatic heterocycles. The third-order valence-corrected chi connectivity index (χ3v) is 5.06. The van der Waals surface area contributed by atoms with Crippen molar-refractivity contribution in [3.63, 3.8) is 0 Å². The number of benzene rings is 2. The number of carbonyl (C=O) groups excluding carboxylic acids is 2. The van der Waals surface area contributed by atoms with Crippen LogP contribution in [-0.4, -0.2) is 38.0 Å². The summed E-state index contributed by atoms with van der Waals surface area (Å²) in [5.74, 6) is 1.08. The number of aldehydes is 1. The van der Waals surface area contributed by atoms with Gasteiger partial charge >= 0.3 is 0 Å². The van der Waals surface area contributed by atoms with Gasteiger partial charge in [-0.15, -0.1) is 0 Å². The molecule has 1 aromatic heterocycles. The van der Waals surface area contributed by atoms with Crippen molar-refractivity contribution in [3.05, 3.63) is 81.8 Å². The first kappa shape index (κ1) is 22.2. The Morgan fingerprint density at radius 3 is 2.35 bits per heavy atom. The SMILES string of the molecule is CO/C(C)=C/c1ccc(C=O)n1-c1ccc(Cl)cc1C(=O)c1cccc(OC)c1OC. The molecule has 0 N–H and O–H groups in total. The zero-order valence-corrected chi connectivity index (χ0v) is 18.4. The van der Waals surface area contributed by atoms with Crippen LogP contribution < -0.4 is 9.47 Å². The second-order valence-electron chi connectivity index (χ2n) is 6.63. The Hall–Kier alpha value is -3.51. The van der Waals surface area contributed by atoms with E-state index in [1.54, 1.807) is 73.2 Å². The highest BCUT2D eigenvalue weighted by Gasteiger charge is 2.23. The van der Waals surface area contributed by atoms with Crippen LogP contribution in [0.15, 0.2) is 54.3 Å². The molecule has 0 saturated heterocycles. The van der Waals surface area contributed by atoms with E-state index in [4.69, 9.17) is 25.8 Å². The molecule has 0 aliphatic rings. The first-order valence-electron chi connectivity index (χ1n) is 9.40. The second kappa shape index (κ2) is 9.53. The van der Waals surface area contributed by atoms with Gasteiger partial charge in [-0.1, -0.05) is 17.7 Å². The quantitative estimate of drug-likeness (QED) is 0.274. The molecule has 3 aromatic rings. The summed E-state index contributed by atoms with van der Waals surface area (Å²) in [5, 5.41) is 0.388. The number of para-hydroxylation sites is 1. The molecule has 160 valence electrons. The smallest absolute Gasteiger partial charge is 0.199 e. The van der Waals surface area contributed by atoms with Crippen LogP contribution in [0.2, 0.25) is 5.02 Å². The Kier molecular flexibility index (Phi) is 6.82. The highest BCUT2D eigenvalue weighted by Crippen LogP contribution is 2.34. The van der Waals surface area contributed by atoms with Gasteiger partial charge in [0.25, 0.3) is 0 Å². The summed E-state index contributed by atoms with van der Waals surface area (Å²) >= 11 is 6.24. The molecular weight excluding hydrogens is 418 g/mol. The van der Waals surface area contributed by atoms with Crippen molar-refractivity contribution < 1.29 is 23.8 Å². The van der Waals surface area contributed by atoms with Crippen LogP contribution in [0.1, 0.15) is 39.0 Å². The Morgan fingerprint density at radius 1 is 0.968 bits per heavy atom. The van der Waals surface area contributed by atoms with E-state index < -0.39 is 0 Å². The third-order valence-electron chi connectivity index (χ3n) is 4.83. The predicted octanol–water partition coefficient (Wildman–Crippen LogP) is 5.20. The minimum Gasteiger partial charge on any atom is -0.501 e. The lowest BCUT2D eigenvalue weighted by Gasteiger charge is -2.17. The van der Waals surface area contributed by atoms with Crippen LogP contribution >= 0.6 is 11.6 Å². The second-order valence-corrected chi connectivity index (χ2v) is 7.06. The summed E-state index contributed by atoms with van der Waals surface area (Å²) in [6.07, 6.45) is 2.51. The summed E-state index contributed by atoms with van der Waals surface area (Å²) < 4.78 is 17.7. The molecule has 0 radical (unpaired) electrons. The van der Waals surface area contributed by atoms with Gasteiger partial charge in [-0.2, -0.15) is 0 Å². The number of ketones is 1. The van der Waals surface area contributed by atoms with E-state index in [1.807, 2.05) is 0 Å². The summed E-state index contributed by atoms with van der Waals surface area (Å²) in [4.78, 5) is 25.4. The van der Waals surface area contributed by atoms with Gasteiger partial charge in [-0.3, -0.25) is 9.59 Å². The fraction of sp³-hybridized carbons (Fsp3) is 0.167. The van der Waals surface area contributed by atoms with Gasteiger partial charge in [0.2, 0.25) is 0 Å². The minimum absolute atomic E-state index is 0.308. The van der Waals surface area contributed by atoms with Gasteiger partial charge in [-0.05, 0) is 55.5 Å². The fourth-order valence-corrected chi connectivity index (χ4v) is 3.49. The molecule has 1 heterocycles. The van der Waals surface area contributed by atoms with Crippen molar-refractivity contribution in [2.24, 2.45) is 0 Å². The largest absolute Gasteiger partial charge is 0.501 e. The number of halogens is 1. The number of carbonyl (C=O) groups is 2. The molecule has 0 spiro atoms. The van der Waals surface area contributed by atoms with Crippen molar-refractivity contribution in [1.82, 2.24) is 4.57 Å². The average molecular weight is 440 g/mol. The molecule has 0 aliphatic carbocycles. The van der Waals surface area contributed by atoms with Crippen LogP contribution in [0.25, 0.3) is 11.8 Å². The summed E-state index contributed by atoms with van der Waals surface area (Å²) in [6, 6.07) is 13.5. The topological polar surface area (TPSA) is 66.8 Å². The zero-order chi connectivity index (χ0) is 22.5. The third kappa shape index (κ3) is 4.34. The van der Waals surface area contributed by atoms with Gasteiger partial charge < -0.3 is 18.8 Å². The zero-order valence-electron chi connectivity index (χ0n) is 17.6. The first-order valence-corrected chi connectivity index (χ1v) is 9.77. The molecule has 0 unspecified atom stereocenters. The minimum atomic E-state index is -0.322. The van der Waals surface area contributed by atoms with Gasteiger partial charge in [0.1, 0.15) is 0 Å². The van der Waals surface area contributed by atoms with Crippen LogP contribution in [0.4, 0.5) is 0 Å². The molecular formula is C24H22ClNO5. The number of hydrogen-bond donors (Lipinski definition) is 0. The molecule has 0 amide bonds. The Labute approximate surface area is 185 Å². The molecule has 0 atom stereocenters. The standard InChI is InChI=1S/C24H22ClNO5/c1-15(29-2)12-17-9-10-18(14-27)26(17)21-11-8-16(25)13-20(21)23(28)19-6-5-7-22(30-3)24(19)31-4/h5-14H,1-4H3/b15-12+. The fourth-order valence-electron chi connectivity index (χ4n) is 3.32. The maximum Gasteiger partial charge on any atom is 0.199 e. The van der Waals surface area contributed by atoms with E-state index in [-0.39, 0.29) is 5.78 Å². The lowest BCUT2D eigenvalue weighted by Crippen LogP contribution is -2.12. The molecule has 0 saturated carbocycles. The van der Waals surface area contributed by atoms with Crippen LogP contribution in [0, 0.1) is 0 Å². The van der Waals surface area contributed by atoms with E-state index >= 15 is 0 Å². The van der Waals surface area contributed by atoms with Gasteiger partial charge in [-0.25, -0.2) is 0 Å². The maximum absolute atomic E-state index is 13.6. The number of hydrogen-bond acceptors (Lipinski definition) is 5.